The Hall–Kier alpha value is -2.30. The van der Waals surface area contributed by atoms with Gasteiger partial charge in [-0.1, -0.05) is 6.07 Å². The van der Waals surface area contributed by atoms with E-state index in [0.717, 1.165) is 24.8 Å². The Morgan fingerprint density at radius 3 is 2.41 bits per heavy atom. The first-order chi connectivity index (χ1) is 13.1. The molecule has 1 aromatic carbocycles. The summed E-state index contributed by atoms with van der Waals surface area (Å²) in [5.41, 5.74) is 0.611. The Labute approximate surface area is 158 Å². The van der Waals surface area contributed by atoms with Gasteiger partial charge in [0.2, 0.25) is 6.79 Å². The van der Waals surface area contributed by atoms with E-state index in [1.807, 2.05) is 18.2 Å². The molecule has 0 atom stereocenters. The number of ketones is 1. The number of carbonyl (C=O) groups excluding carboxylic acids is 2. The molecule has 1 aromatic rings. The number of fused-ring (bicyclic) bond motifs is 1. The van der Waals surface area contributed by atoms with Crippen LogP contribution in [0.2, 0.25) is 0 Å². The van der Waals surface area contributed by atoms with E-state index in [1.54, 1.807) is 6.08 Å². The lowest BCUT2D eigenvalue weighted by Gasteiger charge is -2.55. The summed E-state index contributed by atoms with van der Waals surface area (Å²) >= 11 is 0. The third-order valence-electron chi connectivity index (χ3n) is 6.78. The lowest BCUT2D eigenvalue weighted by molar-refractivity contribution is -0.155. The van der Waals surface area contributed by atoms with Gasteiger partial charge in [0.15, 0.2) is 23.9 Å². The van der Waals surface area contributed by atoms with Crippen LogP contribution in [0.5, 0.6) is 11.5 Å². The molecule has 0 amide bonds. The van der Waals surface area contributed by atoms with E-state index >= 15 is 0 Å². The molecule has 1 aliphatic heterocycles. The summed E-state index contributed by atoms with van der Waals surface area (Å²) in [5.74, 6) is 3.15. The molecule has 0 N–H and O–H groups in total. The smallest absolute Gasteiger partial charge is 0.331 e. The van der Waals surface area contributed by atoms with Crippen LogP contribution >= 0.6 is 0 Å². The highest BCUT2D eigenvalue weighted by Crippen LogP contribution is 2.60. The molecule has 142 valence electrons. The van der Waals surface area contributed by atoms with E-state index in [2.05, 4.69) is 0 Å². The minimum absolute atomic E-state index is 0.101. The van der Waals surface area contributed by atoms with E-state index < -0.39 is 5.97 Å². The third kappa shape index (κ3) is 3.13. The molecule has 4 aliphatic carbocycles. The number of hydrogen-bond donors (Lipinski definition) is 0. The lowest BCUT2D eigenvalue weighted by atomic mass is 9.48. The van der Waals surface area contributed by atoms with Gasteiger partial charge >= 0.3 is 5.97 Å². The van der Waals surface area contributed by atoms with Crippen molar-refractivity contribution in [3.63, 3.8) is 0 Å². The van der Waals surface area contributed by atoms with Crippen LogP contribution in [0.25, 0.3) is 6.08 Å². The molecule has 4 bridgehead atoms. The number of Topliss-reactive ketones (excluding diaryl/α,β-unsaturated/α-hetero) is 1. The van der Waals surface area contributed by atoms with Crippen LogP contribution in [-0.2, 0) is 14.3 Å². The largest absolute Gasteiger partial charge is 0.455 e. The molecular weight excluding hydrogens is 344 g/mol. The molecule has 1 heterocycles. The molecular formula is C22H24O5. The molecule has 0 radical (unpaired) electrons. The maximum atomic E-state index is 12.9. The fraction of sp³-hybridized carbons (Fsp3) is 0.545. The van der Waals surface area contributed by atoms with Crippen molar-refractivity contribution >= 4 is 17.8 Å². The third-order valence-corrected chi connectivity index (χ3v) is 6.78. The average molecular weight is 368 g/mol. The summed E-state index contributed by atoms with van der Waals surface area (Å²) in [4.78, 5) is 24.9. The summed E-state index contributed by atoms with van der Waals surface area (Å²) < 4.78 is 15.9. The molecule has 6 rings (SSSR count). The second kappa shape index (κ2) is 6.39. The van der Waals surface area contributed by atoms with Gasteiger partial charge in [-0.15, -0.1) is 0 Å². The molecule has 0 unspecified atom stereocenters. The highest BCUT2D eigenvalue weighted by atomic mass is 16.7. The van der Waals surface area contributed by atoms with Crippen molar-refractivity contribution in [1.29, 1.82) is 0 Å². The van der Waals surface area contributed by atoms with Crippen molar-refractivity contribution in [1.82, 2.24) is 0 Å². The normalized spacial score (nSPS) is 32.8. The molecule has 4 fully saturated rings. The van der Waals surface area contributed by atoms with Gasteiger partial charge in [-0.3, -0.25) is 4.79 Å². The van der Waals surface area contributed by atoms with Crippen molar-refractivity contribution in [2.75, 3.05) is 13.4 Å². The second-order valence-electron chi connectivity index (χ2n) is 8.67. The van der Waals surface area contributed by atoms with Gasteiger partial charge in [0.25, 0.3) is 0 Å². The molecule has 0 saturated heterocycles. The van der Waals surface area contributed by atoms with Gasteiger partial charge in [-0.2, -0.15) is 0 Å². The quantitative estimate of drug-likeness (QED) is 0.585. The van der Waals surface area contributed by atoms with Gasteiger partial charge < -0.3 is 14.2 Å². The SMILES string of the molecule is O=C(/C=C\c1ccc2c(c1)OCO2)OCC(=O)C12CC3CC(CC(C3)C1)C2. The number of carbonyl (C=O) groups is 2. The molecule has 5 aliphatic rings. The van der Waals surface area contributed by atoms with Crippen LogP contribution in [0, 0.1) is 23.2 Å². The molecule has 5 nitrogen and oxygen atoms in total. The maximum absolute atomic E-state index is 12.9. The average Bonchev–Trinajstić information content (AvgIpc) is 3.11. The van der Waals surface area contributed by atoms with Gasteiger partial charge in [0, 0.05) is 11.5 Å². The predicted molar refractivity (Wildman–Crippen MR) is 98.2 cm³/mol. The van der Waals surface area contributed by atoms with E-state index in [1.165, 1.54) is 25.3 Å². The zero-order chi connectivity index (χ0) is 18.4. The summed E-state index contributed by atoms with van der Waals surface area (Å²) in [6, 6.07) is 5.47. The van der Waals surface area contributed by atoms with E-state index in [0.29, 0.717) is 29.3 Å². The number of esters is 1. The Bertz CT molecular complexity index is 774. The summed E-state index contributed by atoms with van der Waals surface area (Å²) in [6.07, 6.45) is 9.93. The number of ether oxygens (including phenoxy) is 3. The molecule has 0 aromatic heterocycles. The highest BCUT2D eigenvalue weighted by Gasteiger charge is 2.54. The molecule has 27 heavy (non-hydrogen) atoms. The van der Waals surface area contributed by atoms with Crippen molar-refractivity contribution in [2.45, 2.75) is 38.5 Å². The number of benzene rings is 1. The molecule has 4 saturated carbocycles. The van der Waals surface area contributed by atoms with Crippen LogP contribution in [0.4, 0.5) is 0 Å². The van der Waals surface area contributed by atoms with E-state index in [-0.39, 0.29) is 24.6 Å². The Kier molecular flexibility index (Phi) is 3.99. The lowest BCUT2D eigenvalue weighted by Crippen LogP contribution is -2.51. The summed E-state index contributed by atoms with van der Waals surface area (Å²) in [6.45, 7) is 0.118. The first-order valence-corrected chi connectivity index (χ1v) is 9.87. The first kappa shape index (κ1) is 16.8. The van der Waals surface area contributed by atoms with Crippen LogP contribution in [-0.4, -0.2) is 25.2 Å². The fourth-order valence-corrected chi connectivity index (χ4v) is 5.97. The Balaban J connectivity index is 1.18. The fourth-order valence-electron chi connectivity index (χ4n) is 5.97. The van der Waals surface area contributed by atoms with Crippen molar-refractivity contribution in [3.8, 4) is 11.5 Å². The maximum Gasteiger partial charge on any atom is 0.331 e. The van der Waals surface area contributed by atoms with Crippen LogP contribution in [0.1, 0.15) is 44.1 Å². The first-order valence-electron chi connectivity index (χ1n) is 9.87. The van der Waals surface area contributed by atoms with Crippen molar-refractivity contribution in [2.24, 2.45) is 23.2 Å². The monoisotopic (exact) mass is 368 g/mol. The minimum atomic E-state index is -0.481. The second-order valence-corrected chi connectivity index (χ2v) is 8.67. The summed E-state index contributed by atoms with van der Waals surface area (Å²) in [5, 5.41) is 0. The summed E-state index contributed by atoms with van der Waals surface area (Å²) in [7, 11) is 0. The minimum Gasteiger partial charge on any atom is -0.455 e. The van der Waals surface area contributed by atoms with Crippen LogP contribution in [0.3, 0.4) is 0 Å². The highest BCUT2D eigenvalue weighted by molar-refractivity contribution is 5.91. The Morgan fingerprint density at radius 2 is 1.70 bits per heavy atom. The number of rotatable bonds is 5. The van der Waals surface area contributed by atoms with E-state index in [4.69, 9.17) is 14.2 Å². The predicted octanol–water partition coefficient (Wildman–Crippen LogP) is 3.76. The van der Waals surface area contributed by atoms with E-state index in [9.17, 15) is 9.59 Å². The molecule has 0 spiro atoms. The van der Waals surface area contributed by atoms with Crippen molar-refractivity contribution < 1.29 is 23.8 Å². The van der Waals surface area contributed by atoms with Crippen LogP contribution < -0.4 is 9.47 Å². The number of hydrogen-bond acceptors (Lipinski definition) is 5. The Morgan fingerprint density at radius 1 is 1.04 bits per heavy atom. The van der Waals surface area contributed by atoms with Gasteiger partial charge in [-0.05, 0) is 80.1 Å². The molecule has 5 heteroatoms. The van der Waals surface area contributed by atoms with Gasteiger partial charge in [0.05, 0.1) is 0 Å². The van der Waals surface area contributed by atoms with Gasteiger partial charge in [-0.25, -0.2) is 4.79 Å². The van der Waals surface area contributed by atoms with Crippen molar-refractivity contribution in [3.05, 3.63) is 29.8 Å². The zero-order valence-corrected chi connectivity index (χ0v) is 15.3. The van der Waals surface area contributed by atoms with Crippen LogP contribution in [0.15, 0.2) is 24.3 Å². The van der Waals surface area contributed by atoms with Gasteiger partial charge in [0.1, 0.15) is 0 Å². The zero-order valence-electron chi connectivity index (χ0n) is 15.3. The topological polar surface area (TPSA) is 61.8 Å². The standard InChI is InChI=1S/C22H24O5/c23-20(22-9-15-5-16(10-22)7-17(6-15)11-22)12-25-21(24)4-2-14-1-3-18-19(8-14)27-13-26-18/h1-4,8,15-17H,5-7,9-13H2/b4-2-.